The Hall–Kier alpha value is -1.55. The van der Waals surface area contributed by atoms with Crippen LogP contribution >= 0.6 is 0 Å². The molecular weight excluding hydrogens is 288 g/mol. The second kappa shape index (κ2) is 7.82. The molecule has 2 aliphatic rings. The maximum atomic E-state index is 12.8. The minimum Gasteiger partial charge on any atom is -0.385 e. The third-order valence-electron chi connectivity index (χ3n) is 5.06. The molecule has 0 saturated carbocycles. The van der Waals surface area contributed by atoms with Gasteiger partial charge in [0.15, 0.2) is 0 Å². The highest BCUT2D eigenvalue weighted by Crippen LogP contribution is 2.24. The number of nitrogens with zero attached hydrogens (tertiary/aromatic N) is 2. The van der Waals surface area contributed by atoms with Crippen molar-refractivity contribution >= 4 is 5.91 Å². The van der Waals surface area contributed by atoms with E-state index in [1.165, 1.54) is 24.1 Å². The van der Waals surface area contributed by atoms with Crippen LogP contribution in [0.3, 0.4) is 0 Å². The Morgan fingerprint density at radius 2 is 2.26 bits per heavy atom. The molecule has 0 spiro atoms. The summed E-state index contributed by atoms with van der Waals surface area (Å²) >= 11 is 0. The van der Waals surface area contributed by atoms with E-state index in [4.69, 9.17) is 4.74 Å². The van der Waals surface area contributed by atoms with Gasteiger partial charge >= 0.3 is 0 Å². The summed E-state index contributed by atoms with van der Waals surface area (Å²) in [7, 11) is 1.75. The van der Waals surface area contributed by atoms with Crippen LogP contribution in [0.4, 0.5) is 0 Å². The Labute approximate surface area is 139 Å². The van der Waals surface area contributed by atoms with Crippen LogP contribution in [0, 0.1) is 5.92 Å². The highest BCUT2D eigenvalue weighted by atomic mass is 16.5. The maximum absolute atomic E-state index is 12.8. The van der Waals surface area contributed by atoms with E-state index in [0.29, 0.717) is 12.3 Å². The number of carbonyl (C=O) groups excluding carboxylic acids is 1. The molecule has 1 aliphatic carbocycles. The van der Waals surface area contributed by atoms with Crippen LogP contribution in [0.5, 0.6) is 0 Å². The zero-order valence-corrected chi connectivity index (χ0v) is 14.2. The molecule has 3 rings (SSSR count). The summed E-state index contributed by atoms with van der Waals surface area (Å²) in [5, 5.41) is 0. The first-order valence-corrected chi connectivity index (χ1v) is 8.85. The van der Waals surface area contributed by atoms with Crippen LogP contribution in [-0.2, 0) is 22.6 Å². The van der Waals surface area contributed by atoms with Crippen molar-refractivity contribution in [1.82, 2.24) is 9.47 Å². The molecule has 1 aromatic heterocycles. The number of methoxy groups -OCH3 is 1. The molecule has 4 nitrogen and oxygen atoms in total. The number of amides is 1. The number of hydrogen-bond acceptors (Lipinski definition) is 2. The summed E-state index contributed by atoms with van der Waals surface area (Å²) in [6.45, 7) is 3.33. The molecule has 4 heteroatoms. The summed E-state index contributed by atoms with van der Waals surface area (Å²) in [5.41, 5.74) is 2.59. The number of ether oxygens (including phenoxy) is 1. The van der Waals surface area contributed by atoms with Crippen molar-refractivity contribution in [3.8, 4) is 0 Å². The van der Waals surface area contributed by atoms with Gasteiger partial charge in [0.2, 0.25) is 5.91 Å². The lowest BCUT2D eigenvalue weighted by Crippen LogP contribution is -2.34. The molecule has 23 heavy (non-hydrogen) atoms. The summed E-state index contributed by atoms with van der Waals surface area (Å²) in [5.74, 6) is 0.753. The molecule has 0 N–H and O–H groups in total. The monoisotopic (exact) mass is 316 g/mol. The number of hydrogen-bond donors (Lipinski definition) is 0. The van der Waals surface area contributed by atoms with E-state index in [1.807, 2.05) is 0 Å². The number of fused-ring (bicyclic) bond motifs is 1. The van der Waals surface area contributed by atoms with Gasteiger partial charge < -0.3 is 14.2 Å². The first kappa shape index (κ1) is 16.3. The fourth-order valence-electron chi connectivity index (χ4n) is 3.71. The summed E-state index contributed by atoms with van der Waals surface area (Å²) in [6.07, 6.45) is 10.8. The normalized spacial score (nSPS) is 21.5. The van der Waals surface area contributed by atoms with E-state index in [2.05, 4.69) is 33.9 Å². The molecule has 1 aromatic rings. The Morgan fingerprint density at radius 3 is 3.04 bits per heavy atom. The quantitative estimate of drug-likeness (QED) is 0.781. The van der Waals surface area contributed by atoms with Crippen molar-refractivity contribution in [3.05, 3.63) is 35.7 Å². The Bertz CT molecular complexity index is 561. The molecule has 0 saturated heterocycles. The van der Waals surface area contributed by atoms with E-state index < -0.39 is 0 Å². The second-order valence-electron chi connectivity index (χ2n) is 6.86. The van der Waals surface area contributed by atoms with Crippen molar-refractivity contribution in [1.29, 1.82) is 0 Å². The van der Waals surface area contributed by atoms with Gasteiger partial charge in [-0.25, -0.2) is 0 Å². The van der Waals surface area contributed by atoms with Crippen molar-refractivity contribution in [2.24, 2.45) is 5.92 Å². The predicted molar refractivity (Wildman–Crippen MR) is 91.0 cm³/mol. The number of allylic oxidation sites excluding steroid dienone is 1. The molecule has 1 amide bonds. The van der Waals surface area contributed by atoms with Crippen molar-refractivity contribution in [3.63, 3.8) is 0 Å². The smallest absolute Gasteiger partial charge is 0.227 e. The van der Waals surface area contributed by atoms with Gasteiger partial charge in [0, 0.05) is 45.1 Å². The van der Waals surface area contributed by atoms with Gasteiger partial charge in [-0.15, -0.1) is 0 Å². The van der Waals surface area contributed by atoms with Crippen LogP contribution in [0.2, 0.25) is 0 Å². The third kappa shape index (κ3) is 4.25. The van der Waals surface area contributed by atoms with Gasteiger partial charge in [-0.05, 0) is 50.2 Å². The molecule has 0 unspecified atom stereocenters. The van der Waals surface area contributed by atoms with Crippen molar-refractivity contribution in [2.45, 2.75) is 51.6 Å². The summed E-state index contributed by atoms with van der Waals surface area (Å²) < 4.78 is 7.55. The van der Waals surface area contributed by atoms with Gasteiger partial charge in [-0.3, -0.25) is 4.79 Å². The van der Waals surface area contributed by atoms with E-state index in [9.17, 15) is 4.79 Å². The molecule has 126 valence electrons. The number of rotatable bonds is 5. The van der Waals surface area contributed by atoms with E-state index in [0.717, 1.165) is 45.5 Å². The Morgan fingerprint density at radius 1 is 1.35 bits per heavy atom. The summed E-state index contributed by atoms with van der Waals surface area (Å²) in [4.78, 5) is 14.9. The van der Waals surface area contributed by atoms with Gasteiger partial charge in [0.1, 0.15) is 0 Å². The third-order valence-corrected chi connectivity index (χ3v) is 5.06. The number of carbonyl (C=O) groups is 1. The van der Waals surface area contributed by atoms with E-state index in [-0.39, 0.29) is 5.91 Å². The van der Waals surface area contributed by atoms with E-state index >= 15 is 0 Å². The molecule has 0 aromatic carbocycles. The van der Waals surface area contributed by atoms with Gasteiger partial charge in [0.05, 0.1) is 6.54 Å². The Balaban J connectivity index is 1.69. The first-order valence-electron chi connectivity index (χ1n) is 8.85. The number of aromatic nitrogens is 1. The standard InChI is InChI=1S/C19H28N2O2/c1-23-11-9-17-13-20-10-5-8-18(20)15-21(14-17)19(22)12-16-6-3-2-4-7-16/h5-6,8,10,17H,2-4,7,9,11-15H2,1H3/t17-/m1/s1. The predicted octanol–water partition coefficient (Wildman–Crippen LogP) is 3.37. The second-order valence-corrected chi connectivity index (χ2v) is 6.86. The van der Waals surface area contributed by atoms with Crippen LogP contribution < -0.4 is 0 Å². The minimum absolute atomic E-state index is 0.287. The zero-order chi connectivity index (χ0) is 16.1. The van der Waals surface area contributed by atoms with Crippen molar-refractivity contribution in [2.75, 3.05) is 20.3 Å². The molecule has 0 fully saturated rings. The van der Waals surface area contributed by atoms with Crippen molar-refractivity contribution < 1.29 is 9.53 Å². The van der Waals surface area contributed by atoms with E-state index in [1.54, 1.807) is 7.11 Å². The SMILES string of the molecule is COCC[C@H]1CN(C(=O)CC2=CCCCC2)Cc2cccn2C1. The lowest BCUT2D eigenvalue weighted by atomic mass is 9.96. The maximum Gasteiger partial charge on any atom is 0.227 e. The fourth-order valence-corrected chi connectivity index (χ4v) is 3.71. The highest BCUT2D eigenvalue weighted by Gasteiger charge is 2.25. The lowest BCUT2D eigenvalue weighted by Gasteiger charge is -2.25. The van der Waals surface area contributed by atoms with Crippen LogP contribution in [0.15, 0.2) is 30.0 Å². The average Bonchev–Trinajstić information content (AvgIpc) is 2.92. The molecular formula is C19H28N2O2. The minimum atomic E-state index is 0.287. The van der Waals surface area contributed by atoms with Crippen LogP contribution in [0.1, 0.15) is 44.2 Å². The largest absolute Gasteiger partial charge is 0.385 e. The summed E-state index contributed by atoms with van der Waals surface area (Å²) in [6, 6.07) is 4.22. The first-order chi connectivity index (χ1) is 11.3. The van der Waals surface area contributed by atoms with Gasteiger partial charge in [0.25, 0.3) is 0 Å². The lowest BCUT2D eigenvalue weighted by molar-refractivity contribution is -0.131. The van der Waals surface area contributed by atoms with Gasteiger partial charge in [-0.2, -0.15) is 0 Å². The topological polar surface area (TPSA) is 34.5 Å². The van der Waals surface area contributed by atoms with Crippen LogP contribution in [-0.4, -0.2) is 35.6 Å². The molecule has 0 bridgehead atoms. The fraction of sp³-hybridized carbons (Fsp3) is 0.632. The van der Waals surface area contributed by atoms with Gasteiger partial charge in [-0.1, -0.05) is 11.6 Å². The molecule has 2 heterocycles. The average molecular weight is 316 g/mol. The van der Waals surface area contributed by atoms with Crippen LogP contribution in [0.25, 0.3) is 0 Å². The molecule has 1 aliphatic heterocycles. The Kier molecular flexibility index (Phi) is 5.55. The molecule has 1 atom stereocenters. The highest BCUT2D eigenvalue weighted by molar-refractivity contribution is 5.78. The molecule has 0 radical (unpaired) electrons. The zero-order valence-electron chi connectivity index (χ0n) is 14.2.